The van der Waals surface area contributed by atoms with E-state index in [-0.39, 0.29) is 24.1 Å². The summed E-state index contributed by atoms with van der Waals surface area (Å²) in [5, 5.41) is 2.64. The van der Waals surface area contributed by atoms with Gasteiger partial charge >= 0.3 is 6.36 Å². The third-order valence-electron chi connectivity index (χ3n) is 3.70. The topological polar surface area (TPSA) is 63.1 Å². The van der Waals surface area contributed by atoms with Crippen LogP contribution < -0.4 is 15.0 Å². The van der Waals surface area contributed by atoms with Gasteiger partial charge in [-0.2, -0.15) is 0 Å². The summed E-state index contributed by atoms with van der Waals surface area (Å²) in [7, 11) is 0. The number of piperazine rings is 1. The van der Waals surface area contributed by atoms with Crippen molar-refractivity contribution in [3.05, 3.63) is 24.3 Å². The van der Waals surface area contributed by atoms with Crippen LogP contribution in [0.2, 0.25) is 0 Å². The minimum Gasteiger partial charge on any atom is -0.406 e. The second-order valence-corrected chi connectivity index (χ2v) is 5.55. The molecule has 0 saturated carbocycles. The van der Waals surface area contributed by atoms with Crippen LogP contribution in [0.4, 0.5) is 18.9 Å². The smallest absolute Gasteiger partial charge is 0.406 e. The monoisotopic (exact) mass is 346 g/mol. The number of amides is 2. The molecule has 1 aromatic carbocycles. The van der Waals surface area contributed by atoms with E-state index in [4.69, 9.17) is 0 Å². The van der Waals surface area contributed by atoms with Crippen LogP contribution in [0.15, 0.2) is 24.3 Å². The lowest BCUT2D eigenvalue weighted by Crippen LogP contribution is -3.15. The maximum absolute atomic E-state index is 12.1. The predicted octanol–water partition coefficient (Wildman–Crippen LogP) is 0.271. The maximum Gasteiger partial charge on any atom is 0.573 e. The molecule has 0 spiro atoms. The number of nitrogens with zero attached hydrogens (tertiary/aromatic N) is 1. The van der Waals surface area contributed by atoms with Gasteiger partial charge in [-0.3, -0.25) is 9.59 Å². The molecule has 2 amide bonds. The molecule has 0 aliphatic carbocycles. The van der Waals surface area contributed by atoms with Crippen molar-refractivity contribution in [1.82, 2.24) is 4.90 Å². The molecule has 132 valence electrons. The van der Waals surface area contributed by atoms with Gasteiger partial charge in [0.05, 0.1) is 26.2 Å². The van der Waals surface area contributed by atoms with Crippen LogP contribution >= 0.6 is 0 Å². The number of hydrogen-bond acceptors (Lipinski definition) is 3. The van der Waals surface area contributed by atoms with Gasteiger partial charge in [-0.15, -0.1) is 13.2 Å². The number of benzene rings is 1. The van der Waals surface area contributed by atoms with Crippen LogP contribution in [-0.2, 0) is 9.59 Å². The van der Waals surface area contributed by atoms with E-state index in [1.165, 1.54) is 19.1 Å². The molecule has 24 heavy (non-hydrogen) atoms. The molecule has 0 unspecified atom stereocenters. The van der Waals surface area contributed by atoms with Crippen molar-refractivity contribution in [2.45, 2.75) is 13.3 Å². The van der Waals surface area contributed by atoms with E-state index in [1.807, 2.05) is 0 Å². The van der Waals surface area contributed by atoms with Crippen LogP contribution in [0.25, 0.3) is 0 Å². The number of rotatable bonds is 4. The van der Waals surface area contributed by atoms with E-state index in [9.17, 15) is 22.8 Å². The Bertz CT molecular complexity index is 582. The van der Waals surface area contributed by atoms with Crippen molar-refractivity contribution < 1.29 is 32.4 Å². The Kier molecular flexibility index (Phi) is 5.66. The number of carbonyl (C=O) groups excluding carboxylic acids is 2. The number of halogens is 3. The van der Waals surface area contributed by atoms with Crippen LogP contribution in [0.5, 0.6) is 5.75 Å². The average Bonchev–Trinajstić information content (AvgIpc) is 2.48. The minimum atomic E-state index is -4.74. The second-order valence-electron chi connectivity index (χ2n) is 5.55. The Morgan fingerprint density at radius 2 is 1.79 bits per heavy atom. The van der Waals surface area contributed by atoms with Crippen molar-refractivity contribution in [2.75, 3.05) is 38.0 Å². The van der Waals surface area contributed by atoms with Gasteiger partial charge in [0.25, 0.3) is 5.91 Å². The van der Waals surface area contributed by atoms with Gasteiger partial charge in [0.1, 0.15) is 5.75 Å². The molecular formula is C15H19F3N3O3+. The summed E-state index contributed by atoms with van der Waals surface area (Å²) in [5.41, 5.74) is 0.399. The highest BCUT2D eigenvalue weighted by Gasteiger charge is 2.31. The minimum absolute atomic E-state index is 0.0275. The first-order valence-electron chi connectivity index (χ1n) is 7.48. The van der Waals surface area contributed by atoms with Gasteiger partial charge in [-0.05, 0) is 24.3 Å². The van der Waals surface area contributed by atoms with Crippen LogP contribution in [-0.4, -0.2) is 55.8 Å². The molecule has 0 bridgehead atoms. The molecule has 1 aliphatic heterocycles. The Morgan fingerprint density at radius 3 is 2.29 bits per heavy atom. The summed E-state index contributed by atoms with van der Waals surface area (Å²) in [5.74, 6) is -0.545. The van der Waals surface area contributed by atoms with E-state index >= 15 is 0 Å². The summed E-state index contributed by atoms with van der Waals surface area (Å²) in [6.45, 7) is 4.36. The molecule has 2 rings (SSSR count). The second kappa shape index (κ2) is 7.52. The SMILES string of the molecule is CC(=O)N1CC[NH+](CC(=O)Nc2ccc(OC(F)(F)F)cc2)CC1. The number of anilines is 1. The number of quaternary nitrogens is 1. The Morgan fingerprint density at radius 1 is 1.21 bits per heavy atom. The van der Waals surface area contributed by atoms with Gasteiger partial charge in [-0.25, -0.2) is 0 Å². The third-order valence-corrected chi connectivity index (χ3v) is 3.70. The average molecular weight is 346 g/mol. The molecule has 0 radical (unpaired) electrons. The number of hydrogen-bond donors (Lipinski definition) is 2. The van der Waals surface area contributed by atoms with E-state index in [1.54, 1.807) is 4.90 Å². The predicted molar refractivity (Wildman–Crippen MR) is 79.6 cm³/mol. The molecule has 0 atom stereocenters. The van der Waals surface area contributed by atoms with Crippen LogP contribution in [0.3, 0.4) is 0 Å². The molecule has 1 saturated heterocycles. The number of carbonyl (C=O) groups is 2. The fourth-order valence-corrected chi connectivity index (χ4v) is 2.49. The first-order chi connectivity index (χ1) is 11.2. The molecular weight excluding hydrogens is 327 g/mol. The summed E-state index contributed by atoms with van der Waals surface area (Å²) in [4.78, 5) is 26.0. The first-order valence-corrected chi connectivity index (χ1v) is 7.48. The van der Waals surface area contributed by atoms with Crippen molar-refractivity contribution in [3.63, 3.8) is 0 Å². The van der Waals surface area contributed by atoms with Crippen molar-refractivity contribution in [1.29, 1.82) is 0 Å². The van der Waals surface area contributed by atoms with E-state index in [0.717, 1.165) is 17.0 Å². The van der Waals surface area contributed by atoms with Crippen molar-refractivity contribution in [3.8, 4) is 5.75 Å². The lowest BCUT2D eigenvalue weighted by molar-refractivity contribution is -0.895. The highest BCUT2D eigenvalue weighted by molar-refractivity contribution is 5.91. The van der Waals surface area contributed by atoms with E-state index in [0.29, 0.717) is 31.9 Å². The lowest BCUT2D eigenvalue weighted by Gasteiger charge is -2.31. The molecule has 9 heteroatoms. The standard InChI is InChI=1S/C15H18F3N3O3/c1-11(22)21-8-6-20(7-9-21)10-14(23)19-12-2-4-13(5-3-12)24-15(16,17)18/h2-5H,6-10H2,1H3,(H,19,23)/p+1. The molecule has 0 aromatic heterocycles. The van der Waals surface area contributed by atoms with Gasteiger partial charge in [0, 0.05) is 12.6 Å². The number of alkyl halides is 3. The molecule has 6 nitrogen and oxygen atoms in total. The zero-order valence-corrected chi connectivity index (χ0v) is 13.2. The van der Waals surface area contributed by atoms with E-state index in [2.05, 4.69) is 10.1 Å². The largest absolute Gasteiger partial charge is 0.573 e. The van der Waals surface area contributed by atoms with Gasteiger partial charge in [0.15, 0.2) is 6.54 Å². The Labute approximate surface area is 137 Å². The van der Waals surface area contributed by atoms with Crippen LogP contribution in [0, 0.1) is 0 Å². The number of ether oxygens (including phenoxy) is 1. The van der Waals surface area contributed by atoms with Gasteiger partial charge < -0.3 is 19.9 Å². The quantitative estimate of drug-likeness (QED) is 0.823. The summed E-state index contributed by atoms with van der Waals surface area (Å²) in [6, 6.07) is 4.98. The zero-order chi connectivity index (χ0) is 17.7. The summed E-state index contributed by atoms with van der Waals surface area (Å²) < 4.78 is 40.0. The lowest BCUT2D eigenvalue weighted by atomic mass is 10.3. The summed E-state index contributed by atoms with van der Waals surface area (Å²) in [6.07, 6.45) is -4.74. The Balaban J connectivity index is 1.79. The molecule has 2 N–H and O–H groups in total. The molecule has 1 heterocycles. The zero-order valence-electron chi connectivity index (χ0n) is 13.2. The van der Waals surface area contributed by atoms with Crippen LogP contribution in [0.1, 0.15) is 6.92 Å². The maximum atomic E-state index is 12.1. The molecule has 1 aromatic rings. The third kappa shape index (κ3) is 5.73. The molecule has 1 fully saturated rings. The van der Waals surface area contributed by atoms with Gasteiger partial charge in [-0.1, -0.05) is 0 Å². The first kappa shape index (κ1) is 18.1. The summed E-state index contributed by atoms with van der Waals surface area (Å²) >= 11 is 0. The van der Waals surface area contributed by atoms with Crippen molar-refractivity contribution >= 4 is 17.5 Å². The molecule has 1 aliphatic rings. The van der Waals surface area contributed by atoms with Gasteiger partial charge in [0.2, 0.25) is 5.91 Å². The van der Waals surface area contributed by atoms with Crippen molar-refractivity contribution in [2.24, 2.45) is 0 Å². The Hall–Kier alpha value is -2.29. The fourth-order valence-electron chi connectivity index (χ4n) is 2.49. The highest BCUT2D eigenvalue weighted by atomic mass is 19.4. The van der Waals surface area contributed by atoms with E-state index < -0.39 is 6.36 Å². The normalized spacial score (nSPS) is 15.9. The fraction of sp³-hybridized carbons (Fsp3) is 0.467. The highest BCUT2D eigenvalue weighted by Crippen LogP contribution is 2.23. The number of nitrogens with one attached hydrogen (secondary N) is 2.